The monoisotopic (exact) mass is 523 g/mol. The summed E-state index contributed by atoms with van der Waals surface area (Å²) in [5.41, 5.74) is 1.95. The van der Waals surface area contributed by atoms with Gasteiger partial charge in [-0.1, -0.05) is 49.4 Å². The lowest BCUT2D eigenvalue weighted by Gasteiger charge is -2.36. The smallest absolute Gasteiger partial charge is 0.410 e. The fourth-order valence-corrected chi connectivity index (χ4v) is 6.25. The normalized spacial score (nSPS) is 18.1. The van der Waals surface area contributed by atoms with Crippen LogP contribution in [0.2, 0.25) is 0 Å². The molecule has 4 rings (SSSR count). The summed E-state index contributed by atoms with van der Waals surface area (Å²) in [6.07, 6.45) is -0.106. The van der Waals surface area contributed by atoms with Gasteiger partial charge in [0.25, 0.3) is 5.91 Å². The van der Waals surface area contributed by atoms with E-state index in [1.165, 1.54) is 6.07 Å². The Labute approximate surface area is 218 Å². The predicted molar refractivity (Wildman–Crippen MR) is 144 cm³/mol. The molecule has 0 unspecified atom stereocenters. The third kappa shape index (κ3) is 5.94. The van der Waals surface area contributed by atoms with Crippen LogP contribution in [0.25, 0.3) is 10.8 Å². The highest BCUT2D eigenvalue weighted by atomic mass is 32.2. The van der Waals surface area contributed by atoms with Crippen LogP contribution in [0.4, 0.5) is 10.5 Å². The van der Waals surface area contributed by atoms with E-state index >= 15 is 0 Å². The van der Waals surface area contributed by atoms with Gasteiger partial charge in [-0.25, -0.2) is 17.9 Å². The highest BCUT2D eigenvalue weighted by molar-refractivity contribution is 7.89. The molecule has 8 nitrogen and oxygen atoms in total. The van der Waals surface area contributed by atoms with Gasteiger partial charge in [0.1, 0.15) is 0 Å². The molecule has 0 bridgehead atoms. The zero-order chi connectivity index (χ0) is 26.7. The molecule has 0 saturated carbocycles. The van der Waals surface area contributed by atoms with E-state index in [9.17, 15) is 18.0 Å². The van der Waals surface area contributed by atoms with Gasteiger partial charge in [-0.2, -0.15) is 0 Å². The van der Waals surface area contributed by atoms with Crippen LogP contribution in [-0.4, -0.2) is 50.6 Å². The minimum Gasteiger partial charge on any atom is -0.447 e. The van der Waals surface area contributed by atoms with Crippen LogP contribution in [0.1, 0.15) is 43.1 Å². The predicted octanol–water partition coefficient (Wildman–Crippen LogP) is 4.93. The Morgan fingerprint density at radius 2 is 1.68 bits per heavy atom. The van der Waals surface area contributed by atoms with E-state index in [1.54, 1.807) is 55.1 Å². The number of piperidine rings is 1. The number of sulfonamides is 1. The SMILES string of the molecule is Cc1ccccc1C(=O)Nc1ccc(S(=O)(=O)N[C@@H]2CCN(C(=O)OC(C)C)C[C@@H]2C)c2ccccc12. The number of hydrogen-bond donors (Lipinski definition) is 2. The molecule has 0 radical (unpaired) electrons. The van der Waals surface area contributed by atoms with Crippen LogP contribution in [0.15, 0.2) is 65.6 Å². The van der Waals surface area contributed by atoms with Crippen molar-refractivity contribution in [2.45, 2.75) is 51.2 Å². The van der Waals surface area contributed by atoms with E-state index in [0.29, 0.717) is 41.5 Å². The average Bonchev–Trinajstić information content (AvgIpc) is 2.85. The van der Waals surface area contributed by atoms with Crippen LogP contribution in [0.5, 0.6) is 0 Å². The Morgan fingerprint density at radius 1 is 1.00 bits per heavy atom. The van der Waals surface area contributed by atoms with Gasteiger partial charge >= 0.3 is 6.09 Å². The molecule has 3 aromatic carbocycles. The summed E-state index contributed by atoms with van der Waals surface area (Å²) in [6, 6.07) is 17.2. The van der Waals surface area contributed by atoms with Gasteiger partial charge in [0.15, 0.2) is 0 Å². The van der Waals surface area contributed by atoms with Gasteiger partial charge in [0, 0.05) is 41.2 Å². The fraction of sp³-hybridized carbons (Fsp3) is 0.357. The summed E-state index contributed by atoms with van der Waals surface area (Å²) < 4.78 is 35.2. The second-order valence-corrected chi connectivity index (χ2v) is 11.5. The highest BCUT2D eigenvalue weighted by Crippen LogP contribution is 2.31. The summed E-state index contributed by atoms with van der Waals surface area (Å²) >= 11 is 0. The molecule has 1 fully saturated rings. The zero-order valence-electron chi connectivity index (χ0n) is 21.5. The Hall–Kier alpha value is -3.43. The maximum atomic E-state index is 13.5. The average molecular weight is 524 g/mol. The highest BCUT2D eigenvalue weighted by Gasteiger charge is 2.33. The van der Waals surface area contributed by atoms with Gasteiger partial charge in [-0.05, 0) is 56.9 Å². The van der Waals surface area contributed by atoms with Crippen molar-refractivity contribution in [3.63, 3.8) is 0 Å². The van der Waals surface area contributed by atoms with E-state index in [-0.39, 0.29) is 35.0 Å². The molecular formula is C28H33N3O5S. The lowest BCUT2D eigenvalue weighted by atomic mass is 9.95. The quantitative estimate of drug-likeness (QED) is 0.477. The first-order valence-corrected chi connectivity index (χ1v) is 13.9. The Bertz CT molecular complexity index is 1420. The summed E-state index contributed by atoms with van der Waals surface area (Å²) in [5.74, 6) is -0.351. The molecule has 2 atom stereocenters. The van der Waals surface area contributed by atoms with Crippen molar-refractivity contribution in [2.75, 3.05) is 18.4 Å². The number of likely N-dealkylation sites (tertiary alicyclic amines) is 1. The molecule has 1 aliphatic heterocycles. The summed E-state index contributed by atoms with van der Waals surface area (Å²) in [5, 5.41) is 4.08. The third-order valence-electron chi connectivity index (χ3n) is 6.62. The van der Waals surface area contributed by atoms with Crippen LogP contribution in [-0.2, 0) is 14.8 Å². The molecule has 37 heavy (non-hydrogen) atoms. The number of benzene rings is 3. The van der Waals surface area contributed by atoms with Crippen molar-refractivity contribution in [1.82, 2.24) is 9.62 Å². The largest absolute Gasteiger partial charge is 0.447 e. The molecule has 0 aliphatic carbocycles. The topological polar surface area (TPSA) is 105 Å². The Kier molecular flexibility index (Phi) is 7.85. The number of rotatable bonds is 6. The number of nitrogens with one attached hydrogen (secondary N) is 2. The van der Waals surface area contributed by atoms with Crippen molar-refractivity contribution < 1.29 is 22.7 Å². The lowest BCUT2D eigenvalue weighted by molar-refractivity contribution is 0.0600. The minimum absolute atomic E-state index is 0.0952. The molecular weight excluding hydrogens is 490 g/mol. The number of ether oxygens (including phenoxy) is 1. The molecule has 0 spiro atoms. The van der Waals surface area contributed by atoms with E-state index < -0.39 is 10.0 Å². The molecule has 0 aromatic heterocycles. The van der Waals surface area contributed by atoms with Gasteiger partial charge < -0.3 is 15.0 Å². The molecule has 1 aliphatic rings. The standard InChI is InChI=1S/C28H33N3O5S/c1-18(2)36-28(33)31-16-15-24(20(4)17-31)30-37(34,35)26-14-13-25(22-11-7-8-12-23(22)26)29-27(32)21-10-6-5-9-19(21)3/h5-14,18,20,24,30H,15-17H2,1-4H3,(H,29,32)/t20-,24+/m0/s1. The number of anilines is 1. The van der Waals surface area contributed by atoms with E-state index in [0.717, 1.165) is 5.56 Å². The molecule has 1 heterocycles. The van der Waals surface area contributed by atoms with Crippen LogP contribution >= 0.6 is 0 Å². The van der Waals surface area contributed by atoms with Crippen molar-refractivity contribution >= 4 is 38.5 Å². The van der Waals surface area contributed by atoms with Gasteiger partial charge in [-0.3, -0.25) is 4.79 Å². The first kappa shape index (κ1) is 26.6. The van der Waals surface area contributed by atoms with Crippen LogP contribution in [0.3, 0.4) is 0 Å². The zero-order valence-corrected chi connectivity index (χ0v) is 22.3. The number of aryl methyl sites for hydroxylation is 1. The second kappa shape index (κ2) is 10.9. The van der Waals surface area contributed by atoms with E-state index in [2.05, 4.69) is 10.0 Å². The number of carbonyl (C=O) groups excluding carboxylic acids is 2. The number of amides is 2. The van der Waals surface area contributed by atoms with Crippen molar-refractivity contribution in [2.24, 2.45) is 5.92 Å². The summed E-state index contributed by atoms with van der Waals surface area (Å²) in [6.45, 7) is 8.20. The summed E-state index contributed by atoms with van der Waals surface area (Å²) in [4.78, 5) is 26.9. The molecule has 3 aromatic rings. The molecule has 2 amide bonds. The van der Waals surface area contributed by atoms with Crippen LogP contribution in [0, 0.1) is 12.8 Å². The number of carbonyl (C=O) groups is 2. The number of fused-ring (bicyclic) bond motifs is 1. The van der Waals surface area contributed by atoms with Crippen molar-refractivity contribution in [1.29, 1.82) is 0 Å². The molecule has 196 valence electrons. The van der Waals surface area contributed by atoms with Crippen LogP contribution < -0.4 is 10.0 Å². The van der Waals surface area contributed by atoms with Crippen molar-refractivity contribution in [3.8, 4) is 0 Å². The molecule has 9 heteroatoms. The maximum Gasteiger partial charge on any atom is 0.410 e. The molecule has 1 saturated heterocycles. The number of hydrogen-bond acceptors (Lipinski definition) is 5. The Morgan fingerprint density at radius 3 is 2.35 bits per heavy atom. The summed E-state index contributed by atoms with van der Waals surface area (Å²) in [7, 11) is -3.88. The first-order valence-electron chi connectivity index (χ1n) is 12.4. The maximum absolute atomic E-state index is 13.5. The molecule has 2 N–H and O–H groups in total. The van der Waals surface area contributed by atoms with Gasteiger partial charge in [0.05, 0.1) is 11.0 Å². The van der Waals surface area contributed by atoms with Gasteiger partial charge in [-0.15, -0.1) is 0 Å². The second-order valence-electron chi connectivity index (χ2n) is 9.80. The number of nitrogens with zero attached hydrogens (tertiary/aromatic N) is 1. The van der Waals surface area contributed by atoms with Crippen molar-refractivity contribution in [3.05, 3.63) is 71.8 Å². The van der Waals surface area contributed by atoms with E-state index in [1.807, 2.05) is 32.0 Å². The van der Waals surface area contributed by atoms with Gasteiger partial charge in [0.2, 0.25) is 10.0 Å². The lowest BCUT2D eigenvalue weighted by Crippen LogP contribution is -2.51. The first-order chi connectivity index (χ1) is 17.6. The third-order valence-corrected chi connectivity index (χ3v) is 8.17. The fourth-order valence-electron chi connectivity index (χ4n) is 4.66. The van der Waals surface area contributed by atoms with E-state index in [4.69, 9.17) is 4.74 Å². The minimum atomic E-state index is -3.88. The Balaban J connectivity index is 1.55.